The third-order valence-corrected chi connectivity index (χ3v) is 4.84. The van der Waals surface area contributed by atoms with Crippen LogP contribution in [0.15, 0.2) is 24.3 Å². The smallest absolute Gasteiger partial charge is 0.308 e. The summed E-state index contributed by atoms with van der Waals surface area (Å²) in [7, 11) is 0. The lowest BCUT2D eigenvalue weighted by atomic mass is 9.98. The van der Waals surface area contributed by atoms with Crippen LogP contribution in [0.4, 0.5) is 0 Å². The number of aliphatic carboxylic acids is 1. The molecule has 2 heterocycles. The minimum Gasteiger partial charge on any atom is -0.481 e. The van der Waals surface area contributed by atoms with Gasteiger partial charge in [-0.05, 0) is 44.0 Å². The summed E-state index contributed by atoms with van der Waals surface area (Å²) in [6, 6.07) is 6.73. The number of piperidine rings is 1. The van der Waals surface area contributed by atoms with Crippen molar-refractivity contribution in [3.8, 4) is 5.69 Å². The first-order chi connectivity index (χ1) is 11.9. The van der Waals surface area contributed by atoms with Crippen molar-refractivity contribution in [2.75, 3.05) is 13.1 Å². The second-order valence-corrected chi connectivity index (χ2v) is 6.95. The number of hydrogen-bond donors (Lipinski definition) is 1. The van der Waals surface area contributed by atoms with Gasteiger partial charge in [0.15, 0.2) is 5.69 Å². The van der Waals surface area contributed by atoms with Crippen LogP contribution in [0.3, 0.4) is 0 Å². The Hall–Kier alpha value is -2.05. The van der Waals surface area contributed by atoms with E-state index in [4.69, 9.17) is 23.2 Å². The van der Waals surface area contributed by atoms with E-state index in [-0.39, 0.29) is 18.1 Å². The molecule has 0 bridgehead atoms. The zero-order valence-electron chi connectivity index (χ0n) is 13.6. The van der Waals surface area contributed by atoms with Gasteiger partial charge >= 0.3 is 5.97 Å². The summed E-state index contributed by atoms with van der Waals surface area (Å²) < 4.78 is 1.59. The number of carboxylic acid groups (broad SMARTS) is 1. The molecule has 1 aliphatic rings. The van der Waals surface area contributed by atoms with Crippen LogP contribution < -0.4 is 0 Å². The van der Waals surface area contributed by atoms with Crippen LogP contribution in [0.5, 0.6) is 0 Å². The molecule has 1 aromatic carbocycles. The van der Waals surface area contributed by atoms with Crippen molar-refractivity contribution in [2.45, 2.75) is 19.8 Å². The third kappa shape index (κ3) is 3.65. The van der Waals surface area contributed by atoms with Gasteiger partial charge in [-0.25, -0.2) is 4.68 Å². The second kappa shape index (κ2) is 7.06. The van der Waals surface area contributed by atoms with E-state index in [2.05, 4.69) is 5.10 Å². The fraction of sp³-hybridized carbons (Fsp3) is 0.353. The lowest BCUT2D eigenvalue weighted by Gasteiger charge is -2.30. The molecule has 3 rings (SSSR count). The second-order valence-electron chi connectivity index (χ2n) is 6.11. The Morgan fingerprint density at radius 3 is 2.72 bits per heavy atom. The monoisotopic (exact) mass is 381 g/mol. The van der Waals surface area contributed by atoms with Gasteiger partial charge in [0.25, 0.3) is 5.91 Å². The maximum atomic E-state index is 12.7. The van der Waals surface area contributed by atoms with Crippen molar-refractivity contribution in [3.63, 3.8) is 0 Å². The number of aryl methyl sites for hydroxylation is 1. The SMILES string of the molecule is Cc1cc(C(=O)N2CCC[C@H](C(=O)O)C2)nn1-c1ccc(Cl)cc1Cl. The van der Waals surface area contributed by atoms with Crippen LogP contribution in [-0.2, 0) is 4.79 Å². The van der Waals surface area contributed by atoms with Crippen LogP contribution in [-0.4, -0.2) is 44.8 Å². The first-order valence-corrected chi connectivity index (χ1v) is 8.66. The summed E-state index contributed by atoms with van der Waals surface area (Å²) in [5.74, 6) is -1.66. The molecule has 8 heteroatoms. The predicted molar refractivity (Wildman–Crippen MR) is 94.6 cm³/mol. The highest BCUT2D eigenvalue weighted by Crippen LogP contribution is 2.26. The van der Waals surface area contributed by atoms with Gasteiger partial charge in [-0.1, -0.05) is 23.2 Å². The first-order valence-electron chi connectivity index (χ1n) is 7.91. The molecule has 25 heavy (non-hydrogen) atoms. The largest absolute Gasteiger partial charge is 0.481 e. The summed E-state index contributed by atoms with van der Waals surface area (Å²) in [4.78, 5) is 25.4. The van der Waals surface area contributed by atoms with Crippen LogP contribution >= 0.6 is 23.2 Å². The molecule has 2 aromatic rings. The number of carboxylic acids is 1. The Bertz CT molecular complexity index is 835. The molecule has 1 amide bonds. The molecule has 1 fully saturated rings. The number of benzene rings is 1. The number of amides is 1. The summed E-state index contributed by atoms with van der Waals surface area (Å²) in [6.07, 6.45) is 1.26. The molecule has 1 aromatic heterocycles. The highest BCUT2D eigenvalue weighted by atomic mass is 35.5. The number of rotatable bonds is 3. The van der Waals surface area contributed by atoms with Gasteiger partial charge in [0, 0.05) is 23.8 Å². The normalized spacial score (nSPS) is 17.6. The van der Waals surface area contributed by atoms with E-state index in [1.165, 1.54) is 0 Å². The fourth-order valence-corrected chi connectivity index (χ4v) is 3.49. The zero-order chi connectivity index (χ0) is 18.1. The zero-order valence-corrected chi connectivity index (χ0v) is 15.1. The highest BCUT2D eigenvalue weighted by Gasteiger charge is 2.30. The Morgan fingerprint density at radius 1 is 1.28 bits per heavy atom. The predicted octanol–water partition coefficient (Wildman–Crippen LogP) is 3.42. The molecule has 0 spiro atoms. The number of aromatic nitrogens is 2. The number of halogens is 2. The van der Waals surface area contributed by atoms with E-state index >= 15 is 0 Å². The van der Waals surface area contributed by atoms with Crippen LogP contribution in [0.2, 0.25) is 10.0 Å². The summed E-state index contributed by atoms with van der Waals surface area (Å²) in [5, 5.41) is 14.5. The Kier molecular flexibility index (Phi) is 5.01. The van der Waals surface area contributed by atoms with E-state index in [9.17, 15) is 14.7 Å². The van der Waals surface area contributed by atoms with Crippen molar-refractivity contribution >= 4 is 35.1 Å². The van der Waals surface area contributed by atoms with Gasteiger partial charge < -0.3 is 10.0 Å². The number of hydrogen-bond acceptors (Lipinski definition) is 3. The number of carbonyl (C=O) groups is 2. The minimum absolute atomic E-state index is 0.210. The quantitative estimate of drug-likeness (QED) is 0.883. The molecule has 6 nitrogen and oxygen atoms in total. The topological polar surface area (TPSA) is 75.4 Å². The van der Waals surface area contributed by atoms with Crippen LogP contribution in [0, 0.1) is 12.8 Å². The van der Waals surface area contributed by atoms with E-state index in [1.807, 2.05) is 6.92 Å². The summed E-state index contributed by atoms with van der Waals surface area (Å²) in [5.41, 5.74) is 1.65. The van der Waals surface area contributed by atoms with Crippen molar-refractivity contribution in [2.24, 2.45) is 5.92 Å². The standard InChI is InChI=1S/C17H17Cl2N3O3/c1-10-7-14(16(23)21-6-2-3-11(9-21)17(24)25)20-22(10)15-5-4-12(18)8-13(15)19/h4-5,7-8,11H,2-3,6,9H2,1H3,(H,24,25)/t11-/m0/s1. The van der Waals surface area contributed by atoms with E-state index in [0.717, 1.165) is 5.69 Å². The molecule has 1 atom stereocenters. The molecular weight excluding hydrogens is 365 g/mol. The van der Waals surface area contributed by atoms with Crippen LogP contribution in [0.25, 0.3) is 5.69 Å². The van der Waals surface area contributed by atoms with Crippen molar-refractivity contribution in [1.29, 1.82) is 0 Å². The fourth-order valence-electron chi connectivity index (χ4n) is 3.00. The summed E-state index contributed by atoms with van der Waals surface area (Å²) in [6.45, 7) is 2.57. The maximum absolute atomic E-state index is 12.7. The van der Waals surface area contributed by atoms with Gasteiger partial charge in [0.2, 0.25) is 0 Å². The Morgan fingerprint density at radius 2 is 2.04 bits per heavy atom. The Labute approximate surface area is 154 Å². The molecule has 0 aliphatic carbocycles. The lowest BCUT2D eigenvalue weighted by molar-refractivity contribution is -0.143. The highest BCUT2D eigenvalue weighted by molar-refractivity contribution is 6.35. The van der Waals surface area contributed by atoms with Crippen LogP contribution in [0.1, 0.15) is 29.0 Å². The number of carbonyl (C=O) groups excluding carboxylic acids is 1. The number of nitrogens with zero attached hydrogens (tertiary/aromatic N) is 3. The molecule has 0 saturated carbocycles. The minimum atomic E-state index is -0.868. The molecule has 1 N–H and O–H groups in total. The maximum Gasteiger partial charge on any atom is 0.308 e. The average molecular weight is 382 g/mol. The molecule has 0 radical (unpaired) electrons. The van der Waals surface area contributed by atoms with Gasteiger partial charge in [-0.3, -0.25) is 9.59 Å². The van der Waals surface area contributed by atoms with E-state index < -0.39 is 11.9 Å². The van der Waals surface area contributed by atoms with Gasteiger partial charge in [0.1, 0.15) is 0 Å². The molecular formula is C17H17Cl2N3O3. The van der Waals surface area contributed by atoms with Gasteiger partial charge in [0.05, 0.1) is 16.6 Å². The Balaban J connectivity index is 1.86. The lowest BCUT2D eigenvalue weighted by Crippen LogP contribution is -2.42. The molecule has 1 saturated heterocycles. The van der Waals surface area contributed by atoms with Gasteiger partial charge in [-0.15, -0.1) is 0 Å². The third-order valence-electron chi connectivity index (χ3n) is 4.30. The average Bonchev–Trinajstić information content (AvgIpc) is 2.96. The van der Waals surface area contributed by atoms with E-state index in [0.29, 0.717) is 35.1 Å². The van der Waals surface area contributed by atoms with Gasteiger partial charge in [-0.2, -0.15) is 5.10 Å². The first kappa shape index (κ1) is 17.8. The van der Waals surface area contributed by atoms with Crippen molar-refractivity contribution in [3.05, 3.63) is 45.7 Å². The number of likely N-dealkylation sites (tertiary alicyclic amines) is 1. The van der Waals surface area contributed by atoms with Crippen molar-refractivity contribution < 1.29 is 14.7 Å². The molecule has 132 valence electrons. The van der Waals surface area contributed by atoms with E-state index in [1.54, 1.807) is 33.8 Å². The molecule has 1 aliphatic heterocycles. The molecule has 0 unspecified atom stereocenters. The van der Waals surface area contributed by atoms with Crippen molar-refractivity contribution in [1.82, 2.24) is 14.7 Å². The summed E-state index contributed by atoms with van der Waals surface area (Å²) >= 11 is 12.1.